The second-order valence-electron chi connectivity index (χ2n) is 7.27. The molecule has 158 valence electrons. The Kier molecular flexibility index (Phi) is 5.79. The van der Waals surface area contributed by atoms with E-state index in [4.69, 9.17) is 26.4 Å². The third-order valence-electron chi connectivity index (χ3n) is 4.98. The van der Waals surface area contributed by atoms with Gasteiger partial charge in [0.25, 0.3) is 5.17 Å². The number of nitrogens with zero attached hydrogens (tertiary/aromatic N) is 5. The van der Waals surface area contributed by atoms with Gasteiger partial charge in [0.2, 0.25) is 0 Å². The zero-order valence-corrected chi connectivity index (χ0v) is 16.9. The van der Waals surface area contributed by atoms with E-state index < -0.39 is 24.5 Å². The second-order valence-corrected chi connectivity index (χ2v) is 7.62. The Morgan fingerprint density at radius 2 is 2.17 bits per heavy atom. The van der Waals surface area contributed by atoms with Gasteiger partial charge >= 0.3 is 0 Å². The summed E-state index contributed by atoms with van der Waals surface area (Å²) in [6.07, 6.45) is -0.105. The molecule has 2 saturated heterocycles. The predicted molar refractivity (Wildman–Crippen MR) is 106 cm³/mol. The molecule has 3 N–H and O–H groups in total. The number of fused-ring (bicyclic) bond motifs is 1. The highest BCUT2D eigenvalue weighted by atomic mass is 32.1. The van der Waals surface area contributed by atoms with Gasteiger partial charge in [0.15, 0.2) is 23.2 Å². The van der Waals surface area contributed by atoms with Gasteiger partial charge in [-0.05, 0) is 18.6 Å². The second kappa shape index (κ2) is 8.32. The SMILES string of the molecule is CN(C)C(=S)OCC1OC(n2cnc3c(N[C@@H]4CCOC4)ncnc32)C(O)C1O. The summed E-state index contributed by atoms with van der Waals surface area (Å²) in [6, 6.07) is 0.162. The smallest absolute Gasteiger partial charge is 0.258 e. The molecular weight excluding hydrogens is 400 g/mol. The number of nitrogens with one attached hydrogen (secondary N) is 1. The normalized spacial score (nSPS) is 29.3. The molecule has 5 atom stereocenters. The minimum atomic E-state index is -1.18. The van der Waals surface area contributed by atoms with Gasteiger partial charge in [-0.15, -0.1) is 0 Å². The zero-order chi connectivity index (χ0) is 20.5. The van der Waals surface area contributed by atoms with Crippen molar-refractivity contribution in [1.29, 1.82) is 0 Å². The average molecular weight is 424 g/mol. The Balaban J connectivity index is 1.52. The van der Waals surface area contributed by atoms with Crippen molar-refractivity contribution in [3.8, 4) is 0 Å². The molecule has 2 aliphatic heterocycles. The summed E-state index contributed by atoms with van der Waals surface area (Å²) in [6.45, 7) is 1.34. The van der Waals surface area contributed by atoms with Crippen LogP contribution in [0.25, 0.3) is 11.2 Å². The van der Waals surface area contributed by atoms with E-state index in [1.807, 2.05) is 0 Å². The molecule has 0 bridgehead atoms. The Bertz CT molecular complexity index is 873. The first kappa shape index (κ1) is 20.2. The number of thiocarbonyl (C=S) groups is 1. The van der Waals surface area contributed by atoms with E-state index in [1.165, 1.54) is 12.7 Å². The molecule has 0 aromatic carbocycles. The van der Waals surface area contributed by atoms with Crippen LogP contribution < -0.4 is 5.32 Å². The highest BCUT2D eigenvalue weighted by Gasteiger charge is 2.45. The molecule has 2 aromatic heterocycles. The lowest BCUT2D eigenvalue weighted by Gasteiger charge is -2.19. The number of hydrogen-bond acceptors (Lipinski definition) is 10. The van der Waals surface area contributed by atoms with E-state index >= 15 is 0 Å². The van der Waals surface area contributed by atoms with Crippen LogP contribution in [0.15, 0.2) is 12.7 Å². The molecule has 4 unspecified atom stereocenters. The summed E-state index contributed by atoms with van der Waals surface area (Å²) in [7, 11) is 3.51. The maximum absolute atomic E-state index is 10.5. The van der Waals surface area contributed by atoms with Crippen molar-refractivity contribution in [3.63, 3.8) is 0 Å². The molecule has 4 heterocycles. The number of rotatable bonds is 5. The molecule has 0 amide bonds. The Labute approximate surface area is 172 Å². The van der Waals surface area contributed by atoms with Crippen LogP contribution in [0.5, 0.6) is 0 Å². The lowest BCUT2D eigenvalue weighted by molar-refractivity contribution is -0.0499. The monoisotopic (exact) mass is 424 g/mol. The Hall–Kier alpha value is -2.12. The first-order valence-electron chi connectivity index (χ1n) is 9.33. The van der Waals surface area contributed by atoms with Crippen LogP contribution in [0.2, 0.25) is 0 Å². The van der Waals surface area contributed by atoms with E-state index in [1.54, 1.807) is 23.6 Å². The van der Waals surface area contributed by atoms with Crippen molar-refractivity contribution in [2.75, 3.05) is 39.2 Å². The van der Waals surface area contributed by atoms with Crippen molar-refractivity contribution in [3.05, 3.63) is 12.7 Å². The molecule has 4 rings (SSSR count). The van der Waals surface area contributed by atoms with Crippen molar-refractivity contribution in [2.24, 2.45) is 0 Å². The summed E-state index contributed by atoms with van der Waals surface area (Å²) in [4.78, 5) is 14.6. The quantitative estimate of drug-likeness (QED) is 0.538. The van der Waals surface area contributed by atoms with Gasteiger partial charge in [-0.3, -0.25) is 4.57 Å². The van der Waals surface area contributed by atoms with Crippen LogP contribution in [0.4, 0.5) is 5.82 Å². The topological polar surface area (TPSA) is 127 Å². The Morgan fingerprint density at radius 1 is 1.34 bits per heavy atom. The number of aromatic nitrogens is 4. The maximum Gasteiger partial charge on any atom is 0.258 e. The van der Waals surface area contributed by atoms with E-state index in [2.05, 4.69) is 20.3 Å². The van der Waals surface area contributed by atoms with Gasteiger partial charge in [0.1, 0.15) is 31.2 Å². The molecule has 2 aromatic rings. The van der Waals surface area contributed by atoms with Crippen LogP contribution in [0.1, 0.15) is 12.6 Å². The number of hydrogen-bond donors (Lipinski definition) is 3. The molecule has 29 heavy (non-hydrogen) atoms. The van der Waals surface area contributed by atoms with E-state index in [9.17, 15) is 10.2 Å². The fourth-order valence-electron chi connectivity index (χ4n) is 3.36. The predicted octanol–water partition coefficient (Wildman–Crippen LogP) is -0.491. The lowest BCUT2D eigenvalue weighted by Crippen LogP contribution is -2.35. The summed E-state index contributed by atoms with van der Waals surface area (Å²) in [5.41, 5.74) is 1.04. The minimum Gasteiger partial charge on any atom is -0.468 e. The highest BCUT2D eigenvalue weighted by molar-refractivity contribution is 7.80. The lowest BCUT2D eigenvalue weighted by atomic mass is 10.1. The van der Waals surface area contributed by atoms with Crippen LogP contribution in [0.3, 0.4) is 0 Å². The van der Waals surface area contributed by atoms with Gasteiger partial charge in [0, 0.05) is 20.7 Å². The minimum absolute atomic E-state index is 0.0157. The van der Waals surface area contributed by atoms with Crippen molar-refractivity contribution < 1.29 is 24.4 Å². The molecule has 11 nitrogen and oxygen atoms in total. The van der Waals surface area contributed by atoms with Crippen LogP contribution in [-0.4, -0.2) is 98.1 Å². The number of ether oxygens (including phenoxy) is 3. The summed E-state index contributed by atoms with van der Waals surface area (Å²) in [5.74, 6) is 0.591. The number of aliphatic hydroxyl groups is 2. The van der Waals surface area contributed by atoms with Gasteiger partial charge in [0.05, 0.1) is 19.0 Å². The fourth-order valence-corrected chi connectivity index (χ4v) is 3.43. The van der Waals surface area contributed by atoms with Gasteiger partial charge in [-0.2, -0.15) is 0 Å². The van der Waals surface area contributed by atoms with Gasteiger partial charge in [-0.25, -0.2) is 15.0 Å². The molecule has 2 aliphatic rings. The summed E-state index contributed by atoms with van der Waals surface area (Å²) in [5, 5.41) is 24.5. The molecular formula is C17H24N6O5S. The molecule has 0 saturated carbocycles. The Morgan fingerprint density at radius 3 is 2.90 bits per heavy atom. The largest absolute Gasteiger partial charge is 0.468 e. The molecule has 2 fully saturated rings. The van der Waals surface area contributed by atoms with E-state index in [0.717, 1.165) is 6.42 Å². The van der Waals surface area contributed by atoms with Crippen LogP contribution in [-0.2, 0) is 14.2 Å². The standard InChI is InChI=1S/C17H24N6O5S/c1-22(2)17(29)27-6-10-12(24)13(25)16(28-10)23-8-20-11-14(18-7-19-15(11)23)21-9-3-4-26-5-9/h7-10,12-13,16,24-25H,3-6H2,1-2H3,(H,18,19,21)/t9-,10?,12?,13?,16?/m1/s1. The van der Waals surface area contributed by atoms with Crippen LogP contribution >= 0.6 is 12.2 Å². The maximum atomic E-state index is 10.5. The first-order valence-corrected chi connectivity index (χ1v) is 9.74. The third kappa shape index (κ3) is 3.98. The molecule has 0 radical (unpaired) electrons. The average Bonchev–Trinajstić information content (AvgIpc) is 3.42. The van der Waals surface area contributed by atoms with Gasteiger partial charge in [-0.1, -0.05) is 0 Å². The van der Waals surface area contributed by atoms with Crippen LogP contribution in [0, 0.1) is 0 Å². The first-order chi connectivity index (χ1) is 14.0. The number of aliphatic hydroxyl groups excluding tert-OH is 2. The summed E-state index contributed by atoms with van der Waals surface area (Å²) >= 11 is 5.08. The highest BCUT2D eigenvalue weighted by Crippen LogP contribution is 2.32. The fraction of sp³-hybridized carbons (Fsp3) is 0.647. The molecule has 12 heteroatoms. The zero-order valence-electron chi connectivity index (χ0n) is 16.1. The number of anilines is 1. The van der Waals surface area contributed by atoms with Crippen molar-refractivity contribution >= 4 is 34.4 Å². The van der Waals surface area contributed by atoms with Crippen molar-refractivity contribution in [1.82, 2.24) is 24.4 Å². The third-order valence-corrected chi connectivity index (χ3v) is 5.46. The molecule has 0 aliphatic carbocycles. The number of imidazole rings is 1. The van der Waals surface area contributed by atoms with Gasteiger partial charge < -0.3 is 34.6 Å². The van der Waals surface area contributed by atoms with Crippen molar-refractivity contribution in [2.45, 2.75) is 37.0 Å². The van der Waals surface area contributed by atoms with E-state index in [-0.39, 0.29) is 17.8 Å². The molecule has 0 spiro atoms. The summed E-state index contributed by atoms with van der Waals surface area (Å²) < 4.78 is 18.3. The van der Waals surface area contributed by atoms with E-state index in [0.29, 0.717) is 30.2 Å².